The quantitative estimate of drug-likeness (QED) is 0.205. The summed E-state index contributed by atoms with van der Waals surface area (Å²) in [7, 11) is 0. The average Bonchev–Trinajstić information content (AvgIpc) is 2.91. The third-order valence-corrected chi connectivity index (χ3v) is 7.08. The fraction of sp³-hybridized carbons (Fsp3) is 0.129. The van der Waals surface area contributed by atoms with E-state index in [9.17, 15) is 18.0 Å². The molecule has 0 heterocycles. The molecule has 1 N–H and O–H groups in total. The molecule has 0 aromatic heterocycles. The first-order valence-electron chi connectivity index (χ1n) is 11.9. The van der Waals surface area contributed by atoms with Crippen molar-refractivity contribution in [2.24, 2.45) is 0 Å². The number of aryl methyl sites for hydroxylation is 1. The zero-order valence-corrected chi connectivity index (χ0v) is 22.4. The smallest absolute Gasteiger partial charge is 0.416 e. The number of halogens is 4. The molecule has 4 aromatic rings. The SMILES string of the molecule is Cc1cc(SC/C=C(\c2ccc(Cl)cc2)c2ccc(-c3cccc(C(F)(F)F)c3)cc2)ccc1OCC(=O)O. The summed E-state index contributed by atoms with van der Waals surface area (Å²) in [4.78, 5) is 11.8. The van der Waals surface area contributed by atoms with Crippen molar-refractivity contribution in [3.8, 4) is 16.9 Å². The monoisotopic (exact) mass is 568 g/mol. The molecular formula is C31H24ClF3O3S. The van der Waals surface area contributed by atoms with Crippen LogP contribution in [0.25, 0.3) is 16.7 Å². The third kappa shape index (κ3) is 7.68. The van der Waals surface area contributed by atoms with Crippen molar-refractivity contribution in [1.82, 2.24) is 0 Å². The van der Waals surface area contributed by atoms with E-state index < -0.39 is 24.3 Å². The first kappa shape index (κ1) is 28.3. The molecule has 200 valence electrons. The van der Waals surface area contributed by atoms with E-state index in [1.807, 2.05) is 67.6 Å². The number of rotatable bonds is 9. The molecule has 3 nitrogen and oxygen atoms in total. The molecule has 39 heavy (non-hydrogen) atoms. The van der Waals surface area contributed by atoms with Gasteiger partial charge in [-0.05, 0) is 82.8 Å². The van der Waals surface area contributed by atoms with Gasteiger partial charge in [0.05, 0.1) is 5.56 Å². The van der Waals surface area contributed by atoms with Gasteiger partial charge in [-0.1, -0.05) is 66.2 Å². The minimum atomic E-state index is -4.40. The molecule has 0 aliphatic rings. The Morgan fingerprint density at radius 2 is 1.59 bits per heavy atom. The minimum Gasteiger partial charge on any atom is -0.482 e. The fourth-order valence-corrected chi connectivity index (χ4v) is 4.98. The maximum atomic E-state index is 13.2. The standard InChI is InChI=1S/C31H24ClF3O3S/c1-20-17-27(13-14-29(20)38-19-30(36)37)39-16-15-28(23-9-11-26(32)12-10-23)22-7-5-21(6-8-22)24-3-2-4-25(18-24)31(33,34)35/h2-15,17-18H,16,19H2,1H3,(H,36,37)/b28-15-. The zero-order valence-electron chi connectivity index (χ0n) is 20.8. The Bertz CT molecular complexity index is 1480. The lowest BCUT2D eigenvalue weighted by molar-refractivity contribution is -0.139. The van der Waals surface area contributed by atoms with E-state index >= 15 is 0 Å². The van der Waals surface area contributed by atoms with E-state index in [1.54, 1.807) is 23.9 Å². The fourth-order valence-electron chi connectivity index (χ4n) is 3.98. The van der Waals surface area contributed by atoms with Crippen LogP contribution in [0.4, 0.5) is 13.2 Å². The summed E-state index contributed by atoms with van der Waals surface area (Å²) >= 11 is 7.71. The summed E-state index contributed by atoms with van der Waals surface area (Å²) in [6.45, 7) is 1.47. The number of carboxylic acids is 1. The number of alkyl halides is 3. The van der Waals surface area contributed by atoms with Crippen LogP contribution in [0.15, 0.2) is 102 Å². The second-order valence-electron chi connectivity index (χ2n) is 8.70. The van der Waals surface area contributed by atoms with Gasteiger partial charge in [-0.25, -0.2) is 4.79 Å². The molecular weight excluding hydrogens is 545 g/mol. The highest BCUT2D eigenvalue weighted by Gasteiger charge is 2.30. The summed E-state index contributed by atoms with van der Waals surface area (Å²) in [5.74, 6) is 0.137. The van der Waals surface area contributed by atoms with Crippen LogP contribution in [-0.2, 0) is 11.0 Å². The van der Waals surface area contributed by atoms with E-state index in [-0.39, 0.29) is 0 Å². The number of benzene rings is 4. The van der Waals surface area contributed by atoms with E-state index in [1.165, 1.54) is 6.07 Å². The van der Waals surface area contributed by atoms with E-state index in [2.05, 4.69) is 6.08 Å². The van der Waals surface area contributed by atoms with Crippen molar-refractivity contribution in [2.75, 3.05) is 12.4 Å². The van der Waals surface area contributed by atoms with E-state index in [0.717, 1.165) is 39.3 Å². The second kappa shape index (κ2) is 12.5. The molecule has 4 rings (SSSR count). The van der Waals surface area contributed by atoms with Gasteiger partial charge in [0, 0.05) is 15.7 Å². The molecule has 0 radical (unpaired) electrons. The molecule has 4 aromatic carbocycles. The van der Waals surface area contributed by atoms with Crippen molar-refractivity contribution in [1.29, 1.82) is 0 Å². The van der Waals surface area contributed by atoms with Crippen LogP contribution in [0.2, 0.25) is 5.02 Å². The lowest BCUT2D eigenvalue weighted by Crippen LogP contribution is -2.09. The highest BCUT2D eigenvalue weighted by Crippen LogP contribution is 2.34. The van der Waals surface area contributed by atoms with Gasteiger partial charge in [0.25, 0.3) is 0 Å². The van der Waals surface area contributed by atoms with Gasteiger partial charge in [-0.2, -0.15) is 13.2 Å². The summed E-state index contributed by atoms with van der Waals surface area (Å²) in [6.07, 6.45) is -2.31. The zero-order chi connectivity index (χ0) is 28.0. The Labute approximate surface area is 233 Å². The Morgan fingerprint density at radius 1 is 0.923 bits per heavy atom. The van der Waals surface area contributed by atoms with Gasteiger partial charge in [0.2, 0.25) is 0 Å². The number of carbonyl (C=O) groups is 1. The van der Waals surface area contributed by atoms with Crippen molar-refractivity contribution >= 4 is 34.9 Å². The number of ether oxygens (including phenoxy) is 1. The molecule has 0 aliphatic heterocycles. The van der Waals surface area contributed by atoms with Crippen LogP contribution >= 0.6 is 23.4 Å². The highest BCUT2D eigenvalue weighted by molar-refractivity contribution is 7.99. The lowest BCUT2D eigenvalue weighted by atomic mass is 9.95. The first-order chi connectivity index (χ1) is 18.6. The maximum absolute atomic E-state index is 13.2. The largest absolute Gasteiger partial charge is 0.482 e. The molecule has 0 unspecified atom stereocenters. The van der Waals surface area contributed by atoms with Crippen LogP contribution in [-0.4, -0.2) is 23.4 Å². The number of carboxylic acid groups (broad SMARTS) is 1. The van der Waals surface area contributed by atoms with Crippen LogP contribution in [0, 0.1) is 6.92 Å². The number of thioether (sulfide) groups is 1. The third-order valence-electron chi connectivity index (χ3n) is 5.91. The van der Waals surface area contributed by atoms with E-state index in [4.69, 9.17) is 21.4 Å². The number of hydrogen-bond acceptors (Lipinski definition) is 3. The Hall–Kier alpha value is -3.68. The van der Waals surface area contributed by atoms with Crippen LogP contribution < -0.4 is 4.74 Å². The van der Waals surface area contributed by atoms with Crippen molar-refractivity contribution in [3.05, 3.63) is 124 Å². The highest BCUT2D eigenvalue weighted by atomic mass is 35.5. The molecule has 0 fully saturated rings. The molecule has 0 aliphatic carbocycles. The minimum absolute atomic E-state index is 0.396. The molecule has 0 amide bonds. The predicted octanol–water partition coefficient (Wildman–Crippen LogP) is 9.02. The van der Waals surface area contributed by atoms with Crippen LogP contribution in [0.1, 0.15) is 22.3 Å². The van der Waals surface area contributed by atoms with Gasteiger partial charge in [-0.3, -0.25) is 0 Å². The topological polar surface area (TPSA) is 46.5 Å². The van der Waals surface area contributed by atoms with Crippen LogP contribution in [0.5, 0.6) is 5.75 Å². The van der Waals surface area contributed by atoms with Gasteiger partial charge in [0.1, 0.15) is 5.75 Å². The summed E-state index contributed by atoms with van der Waals surface area (Å²) in [6, 6.07) is 25.8. The molecule has 0 atom stereocenters. The average molecular weight is 569 g/mol. The van der Waals surface area contributed by atoms with Crippen molar-refractivity contribution < 1.29 is 27.8 Å². The Morgan fingerprint density at radius 3 is 2.21 bits per heavy atom. The van der Waals surface area contributed by atoms with Crippen molar-refractivity contribution in [3.63, 3.8) is 0 Å². The Balaban J connectivity index is 1.57. The molecule has 0 saturated heterocycles. The summed E-state index contributed by atoms with van der Waals surface area (Å²) in [5.41, 5.74) is 4.19. The number of hydrogen-bond donors (Lipinski definition) is 1. The predicted molar refractivity (Wildman–Crippen MR) is 150 cm³/mol. The van der Waals surface area contributed by atoms with Gasteiger partial charge in [0.15, 0.2) is 6.61 Å². The Kier molecular flexibility index (Phi) is 9.04. The van der Waals surface area contributed by atoms with Gasteiger partial charge in [-0.15, -0.1) is 11.8 Å². The first-order valence-corrected chi connectivity index (χ1v) is 13.3. The van der Waals surface area contributed by atoms with Crippen molar-refractivity contribution in [2.45, 2.75) is 18.0 Å². The molecule has 0 saturated carbocycles. The maximum Gasteiger partial charge on any atom is 0.416 e. The summed E-state index contributed by atoms with van der Waals surface area (Å²) < 4.78 is 44.8. The van der Waals surface area contributed by atoms with Crippen LogP contribution in [0.3, 0.4) is 0 Å². The lowest BCUT2D eigenvalue weighted by Gasteiger charge is -2.12. The summed E-state index contributed by atoms with van der Waals surface area (Å²) in [5, 5.41) is 9.44. The number of aliphatic carboxylic acids is 1. The van der Waals surface area contributed by atoms with Gasteiger partial charge >= 0.3 is 12.1 Å². The normalized spacial score (nSPS) is 11.9. The van der Waals surface area contributed by atoms with Gasteiger partial charge < -0.3 is 9.84 Å². The molecule has 8 heteroatoms. The molecule has 0 spiro atoms. The second-order valence-corrected chi connectivity index (χ2v) is 10.2. The molecule has 0 bridgehead atoms. The van der Waals surface area contributed by atoms with E-state index in [0.29, 0.717) is 27.7 Å².